The van der Waals surface area contributed by atoms with Crippen LogP contribution in [0.3, 0.4) is 0 Å². The number of H-pyrrole nitrogens is 1. The molecular weight excluding hydrogens is 494 g/mol. The first-order chi connectivity index (χ1) is 17.4. The van der Waals surface area contributed by atoms with E-state index in [4.69, 9.17) is 4.74 Å². The molecular formula is C27H23N3O4S2. The molecule has 1 N–H and O–H groups in total. The number of hydrogen-bond donors (Lipinski definition) is 1. The summed E-state index contributed by atoms with van der Waals surface area (Å²) in [6, 6.07) is 13.1. The van der Waals surface area contributed by atoms with Crippen molar-refractivity contribution in [2.45, 2.75) is 24.3 Å². The second kappa shape index (κ2) is 9.75. The lowest BCUT2D eigenvalue weighted by molar-refractivity contribution is -0.121. The molecule has 2 aromatic heterocycles. The molecule has 0 saturated carbocycles. The van der Waals surface area contributed by atoms with Crippen LogP contribution in [0.2, 0.25) is 0 Å². The highest BCUT2D eigenvalue weighted by atomic mass is 32.2. The maximum atomic E-state index is 13.2. The number of aryl methyl sites for hydroxylation is 1. The molecule has 1 amide bonds. The smallest absolute Gasteiger partial charge is 0.265 e. The molecule has 0 fully saturated rings. The second-order valence-electron chi connectivity index (χ2n) is 8.46. The predicted molar refractivity (Wildman–Crippen MR) is 145 cm³/mol. The molecule has 5 rings (SSSR count). The fraction of sp³-hybridized carbons (Fsp3) is 0.185. The third kappa shape index (κ3) is 4.47. The number of carbonyl (C=O) groups is 2. The second-order valence-corrected chi connectivity index (χ2v) is 10.6. The number of aromatic amines is 1. The van der Waals surface area contributed by atoms with Gasteiger partial charge in [-0.1, -0.05) is 47.7 Å². The minimum absolute atomic E-state index is 0.0454. The molecule has 182 valence electrons. The Morgan fingerprint density at radius 2 is 2.06 bits per heavy atom. The van der Waals surface area contributed by atoms with E-state index in [0.717, 1.165) is 16.7 Å². The van der Waals surface area contributed by atoms with Crippen LogP contribution in [0.1, 0.15) is 22.8 Å². The van der Waals surface area contributed by atoms with Gasteiger partial charge in [-0.2, -0.15) is 0 Å². The van der Waals surface area contributed by atoms with Crippen LogP contribution in [-0.4, -0.2) is 40.1 Å². The maximum absolute atomic E-state index is 13.2. The van der Waals surface area contributed by atoms with Gasteiger partial charge in [-0.05, 0) is 37.6 Å². The van der Waals surface area contributed by atoms with Crippen molar-refractivity contribution in [3.63, 3.8) is 0 Å². The molecule has 9 heteroatoms. The number of hydrogen-bond acceptors (Lipinski definition) is 7. The molecule has 4 aromatic rings. The number of aromatic nitrogens is 2. The zero-order valence-electron chi connectivity index (χ0n) is 19.7. The highest BCUT2D eigenvalue weighted by Crippen LogP contribution is 2.35. The average molecular weight is 518 g/mol. The van der Waals surface area contributed by atoms with Crippen LogP contribution in [0.15, 0.2) is 70.5 Å². The molecule has 1 aliphatic rings. The molecule has 36 heavy (non-hydrogen) atoms. The van der Waals surface area contributed by atoms with Crippen LogP contribution in [0, 0.1) is 6.92 Å². The Morgan fingerprint density at radius 3 is 2.81 bits per heavy atom. The highest BCUT2D eigenvalue weighted by molar-refractivity contribution is 8.00. The van der Waals surface area contributed by atoms with Crippen LogP contribution in [0.4, 0.5) is 5.69 Å². The van der Waals surface area contributed by atoms with Crippen molar-refractivity contribution in [1.82, 2.24) is 9.97 Å². The lowest BCUT2D eigenvalue weighted by Gasteiger charge is -2.29. The van der Waals surface area contributed by atoms with Crippen molar-refractivity contribution in [2.24, 2.45) is 0 Å². The summed E-state index contributed by atoms with van der Waals surface area (Å²) in [4.78, 5) is 48.1. The Labute approximate surface area is 215 Å². The van der Waals surface area contributed by atoms with Gasteiger partial charge in [0.2, 0.25) is 0 Å². The Morgan fingerprint density at radius 1 is 1.28 bits per heavy atom. The zero-order chi connectivity index (χ0) is 25.4. The van der Waals surface area contributed by atoms with Crippen molar-refractivity contribution < 1.29 is 14.3 Å². The van der Waals surface area contributed by atoms with Crippen LogP contribution < -0.4 is 15.2 Å². The molecule has 0 spiro atoms. The van der Waals surface area contributed by atoms with Gasteiger partial charge in [0, 0.05) is 23.1 Å². The largest absolute Gasteiger partial charge is 0.482 e. The summed E-state index contributed by atoms with van der Waals surface area (Å²) in [6.45, 7) is 7.78. The quantitative estimate of drug-likeness (QED) is 0.156. The van der Waals surface area contributed by atoms with Gasteiger partial charge in [0.15, 0.2) is 17.5 Å². The molecule has 1 atom stereocenters. The minimum atomic E-state index is -0.520. The van der Waals surface area contributed by atoms with Gasteiger partial charge in [0.1, 0.15) is 10.6 Å². The molecule has 1 aliphatic heterocycles. The number of thiophene rings is 1. The van der Waals surface area contributed by atoms with Gasteiger partial charge in [0.25, 0.3) is 11.5 Å². The van der Waals surface area contributed by atoms with Crippen molar-refractivity contribution in [1.29, 1.82) is 0 Å². The molecule has 7 nitrogen and oxygen atoms in total. The van der Waals surface area contributed by atoms with Crippen LogP contribution >= 0.6 is 23.1 Å². The van der Waals surface area contributed by atoms with Crippen LogP contribution in [-0.2, 0) is 4.79 Å². The fourth-order valence-corrected chi connectivity index (χ4v) is 5.95. The van der Waals surface area contributed by atoms with E-state index in [-0.39, 0.29) is 23.9 Å². The van der Waals surface area contributed by atoms with E-state index in [1.807, 2.05) is 36.6 Å². The van der Waals surface area contributed by atoms with Crippen molar-refractivity contribution in [2.75, 3.05) is 18.1 Å². The number of ketones is 1. The number of ether oxygens (including phenoxy) is 1. The number of rotatable bonds is 7. The topological polar surface area (TPSA) is 92.4 Å². The van der Waals surface area contributed by atoms with Crippen molar-refractivity contribution in [3.05, 3.63) is 82.0 Å². The number of nitrogens with one attached hydrogen (secondary N) is 1. The third-order valence-corrected chi connectivity index (χ3v) is 7.80. The van der Waals surface area contributed by atoms with Gasteiger partial charge in [-0.15, -0.1) is 17.9 Å². The van der Waals surface area contributed by atoms with E-state index in [9.17, 15) is 14.4 Å². The summed E-state index contributed by atoms with van der Waals surface area (Å²) >= 11 is 2.60. The highest BCUT2D eigenvalue weighted by Gasteiger charge is 2.27. The van der Waals surface area contributed by atoms with E-state index >= 15 is 0 Å². The Bertz CT molecular complexity index is 1560. The van der Waals surface area contributed by atoms with Crippen LogP contribution in [0.5, 0.6) is 5.75 Å². The number of carbonyl (C=O) groups excluding carboxylic acids is 2. The molecule has 0 bridgehead atoms. The van der Waals surface area contributed by atoms with E-state index in [1.54, 1.807) is 36.1 Å². The first-order valence-corrected chi connectivity index (χ1v) is 13.1. The summed E-state index contributed by atoms with van der Waals surface area (Å²) in [7, 11) is 0. The Balaban J connectivity index is 1.40. The normalized spacial score (nSPS) is 13.8. The average Bonchev–Trinajstić information content (AvgIpc) is 3.30. The predicted octanol–water partition coefficient (Wildman–Crippen LogP) is 5.23. The standard InChI is InChI=1S/C27H23N3O4S2/c1-4-11-30-20-12-18(9-10-21(20)34-13-22(30)31)24(32)16(3)36-27-28-25(33)23-19(14-35-26(23)29-27)17-7-5-15(2)6-8-17/h4-10,12,14,16H,1,11,13H2,2-3H3,(H,28,29,33). The van der Waals surface area contributed by atoms with E-state index in [1.165, 1.54) is 23.1 Å². The van der Waals surface area contributed by atoms with Crippen molar-refractivity contribution in [3.8, 4) is 16.9 Å². The number of amides is 1. The zero-order valence-corrected chi connectivity index (χ0v) is 21.4. The summed E-state index contributed by atoms with van der Waals surface area (Å²) in [5.74, 6) is 0.214. The number of nitrogens with zero attached hydrogens (tertiary/aromatic N) is 2. The molecule has 0 saturated heterocycles. The van der Waals surface area contributed by atoms with E-state index in [2.05, 4.69) is 16.5 Å². The fourth-order valence-electron chi connectivity index (χ4n) is 4.07. The van der Waals surface area contributed by atoms with E-state index < -0.39 is 5.25 Å². The molecule has 2 aromatic carbocycles. The number of benzene rings is 2. The van der Waals surface area contributed by atoms with Crippen molar-refractivity contribution >= 4 is 50.7 Å². The molecule has 3 heterocycles. The van der Waals surface area contributed by atoms with Crippen LogP contribution in [0.25, 0.3) is 21.3 Å². The summed E-state index contributed by atoms with van der Waals surface area (Å²) in [5, 5.41) is 2.35. The van der Waals surface area contributed by atoms with Gasteiger partial charge in [-0.25, -0.2) is 4.98 Å². The first kappa shape index (κ1) is 24.0. The number of Topliss-reactive ketones (excluding diaryl/α,β-unsaturated/α-hetero) is 1. The third-order valence-electron chi connectivity index (χ3n) is 5.94. The Hall–Kier alpha value is -3.69. The number of fused-ring (bicyclic) bond motifs is 2. The minimum Gasteiger partial charge on any atom is -0.482 e. The van der Waals surface area contributed by atoms with Gasteiger partial charge < -0.3 is 14.6 Å². The summed E-state index contributed by atoms with van der Waals surface area (Å²) < 4.78 is 5.51. The lowest BCUT2D eigenvalue weighted by atomic mass is 10.1. The molecule has 1 unspecified atom stereocenters. The SMILES string of the molecule is C=CCN1C(=O)COc2ccc(C(=O)C(C)Sc3nc4scc(-c5ccc(C)cc5)c4c(=O)[nH]3)cc21. The molecule has 0 aliphatic carbocycles. The van der Waals surface area contributed by atoms with Gasteiger partial charge >= 0.3 is 0 Å². The maximum Gasteiger partial charge on any atom is 0.265 e. The Kier molecular flexibility index (Phi) is 6.51. The van der Waals surface area contributed by atoms with E-state index in [0.29, 0.717) is 38.9 Å². The summed E-state index contributed by atoms with van der Waals surface area (Å²) in [6.07, 6.45) is 1.63. The number of thioether (sulfide) groups is 1. The first-order valence-electron chi connectivity index (χ1n) is 11.3. The number of anilines is 1. The lowest BCUT2D eigenvalue weighted by Crippen LogP contribution is -2.39. The summed E-state index contributed by atoms with van der Waals surface area (Å²) in [5.41, 5.74) is 3.71. The molecule has 0 radical (unpaired) electrons. The monoisotopic (exact) mass is 517 g/mol. The van der Waals surface area contributed by atoms with Gasteiger partial charge in [-0.3, -0.25) is 14.4 Å². The van der Waals surface area contributed by atoms with Gasteiger partial charge in [0.05, 0.1) is 16.3 Å².